The summed E-state index contributed by atoms with van der Waals surface area (Å²) in [6, 6.07) is 4.61. The van der Waals surface area contributed by atoms with Gasteiger partial charge >= 0.3 is 0 Å². The lowest BCUT2D eigenvalue weighted by atomic mass is 10.0. The highest BCUT2D eigenvalue weighted by molar-refractivity contribution is 7.25. The third-order valence-corrected chi connectivity index (χ3v) is 10.0. The number of hydrogen-bond donors (Lipinski definition) is 0. The van der Waals surface area contributed by atoms with E-state index in [0.29, 0.717) is 0 Å². The molecule has 0 amide bonds. The van der Waals surface area contributed by atoms with Crippen molar-refractivity contribution >= 4 is 34.0 Å². The van der Waals surface area contributed by atoms with Crippen LogP contribution in [0.4, 0.5) is 0 Å². The van der Waals surface area contributed by atoms with Gasteiger partial charge in [0.05, 0.1) is 9.75 Å². The topological polar surface area (TPSA) is 25.8 Å². The molecule has 194 valence electrons. The van der Waals surface area contributed by atoms with Crippen molar-refractivity contribution in [3.63, 3.8) is 0 Å². The van der Waals surface area contributed by atoms with E-state index in [4.69, 9.17) is 0 Å². The van der Waals surface area contributed by atoms with Crippen molar-refractivity contribution in [1.82, 2.24) is 10.2 Å². The van der Waals surface area contributed by atoms with Gasteiger partial charge in [-0.1, -0.05) is 115 Å². The van der Waals surface area contributed by atoms with E-state index >= 15 is 0 Å². The molecule has 3 heterocycles. The van der Waals surface area contributed by atoms with Crippen LogP contribution in [0.5, 0.6) is 0 Å². The lowest BCUT2D eigenvalue weighted by Crippen LogP contribution is -1.87. The predicted molar refractivity (Wildman–Crippen MR) is 159 cm³/mol. The van der Waals surface area contributed by atoms with Gasteiger partial charge in [-0.15, -0.1) is 32.9 Å². The van der Waals surface area contributed by atoms with Crippen LogP contribution in [0.1, 0.15) is 128 Å². The van der Waals surface area contributed by atoms with E-state index in [0.717, 1.165) is 10.0 Å². The second-order valence-corrected chi connectivity index (χ2v) is 12.7. The van der Waals surface area contributed by atoms with Gasteiger partial charge in [0, 0.05) is 0 Å². The molecule has 0 atom stereocenters. The van der Waals surface area contributed by atoms with Gasteiger partial charge in [-0.05, 0) is 59.7 Å². The summed E-state index contributed by atoms with van der Waals surface area (Å²) in [5, 5.41) is 15.9. The number of rotatable bonds is 20. The molecule has 0 saturated heterocycles. The van der Waals surface area contributed by atoms with Crippen molar-refractivity contribution in [3.8, 4) is 19.8 Å². The van der Waals surface area contributed by atoms with Gasteiger partial charge in [0.25, 0.3) is 0 Å². The first kappa shape index (κ1) is 28.5. The molecule has 0 spiro atoms. The van der Waals surface area contributed by atoms with Crippen LogP contribution in [0.25, 0.3) is 19.8 Å². The molecule has 0 aliphatic heterocycles. The Bertz CT molecular complexity index is 851. The largest absolute Gasteiger partial charge is 0.158 e. The molecule has 5 heteroatoms. The highest BCUT2D eigenvalue weighted by Crippen LogP contribution is 2.39. The molecule has 0 radical (unpaired) electrons. The highest BCUT2D eigenvalue weighted by atomic mass is 32.1. The normalized spacial score (nSPS) is 11.5. The van der Waals surface area contributed by atoms with Crippen LogP contribution in [-0.2, 0) is 12.8 Å². The van der Waals surface area contributed by atoms with E-state index in [1.165, 1.54) is 136 Å². The minimum atomic E-state index is 1.11. The summed E-state index contributed by atoms with van der Waals surface area (Å²) in [4.78, 5) is 2.69. The molecule has 0 aromatic carbocycles. The minimum Gasteiger partial charge on any atom is -0.141 e. The minimum absolute atomic E-state index is 1.11. The molecular formula is C30H46N2S3. The standard InChI is InChI=1S/C30H46N2S3/c1-3-5-7-9-11-13-15-17-19-25-21-23-33-27(25)29-31-32-30(35-29)28-26(22-24-34-28)20-18-16-14-12-10-8-6-4-2/h21-24H,3-20H2,1-2H3. The summed E-state index contributed by atoms with van der Waals surface area (Å²) in [5.41, 5.74) is 2.93. The maximum absolute atomic E-state index is 4.63. The lowest BCUT2D eigenvalue weighted by molar-refractivity contribution is 0.576. The molecular weight excluding hydrogens is 485 g/mol. The zero-order valence-corrected chi connectivity index (χ0v) is 24.6. The van der Waals surface area contributed by atoms with E-state index < -0.39 is 0 Å². The van der Waals surface area contributed by atoms with Gasteiger partial charge in [-0.25, -0.2) is 0 Å². The average molecular weight is 531 g/mol. The SMILES string of the molecule is CCCCCCCCCCc1ccsc1-c1nnc(-c2sccc2CCCCCCCCCC)s1. The van der Waals surface area contributed by atoms with Gasteiger partial charge in [0.2, 0.25) is 0 Å². The maximum atomic E-state index is 4.63. The van der Waals surface area contributed by atoms with Crippen molar-refractivity contribution in [2.24, 2.45) is 0 Å². The second kappa shape index (κ2) is 17.4. The maximum Gasteiger partial charge on any atom is 0.158 e. The van der Waals surface area contributed by atoms with E-state index in [1.807, 2.05) is 22.7 Å². The summed E-state index contributed by atoms with van der Waals surface area (Å²) < 4.78 is 0. The fourth-order valence-corrected chi connectivity index (χ4v) is 7.74. The molecule has 0 aliphatic carbocycles. The zero-order chi connectivity index (χ0) is 24.6. The lowest BCUT2D eigenvalue weighted by Gasteiger charge is -2.03. The average Bonchev–Trinajstić information content (AvgIpc) is 3.63. The molecule has 0 unspecified atom stereocenters. The zero-order valence-electron chi connectivity index (χ0n) is 22.2. The number of hydrogen-bond acceptors (Lipinski definition) is 5. The molecule has 3 rings (SSSR count). The Labute approximate surface area is 226 Å². The van der Waals surface area contributed by atoms with Gasteiger partial charge in [-0.2, -0.15) is 0 Å². The van der Waals surface area contributed by atoms with Crippen LogP contribution in [0.3, 0.4) is 0 Å². The Morgan fingerprint density at radius 2 is 0.886 bits per heavy atom. The molecule has 0 bridgehead atoms. The fraction of sp³-hybridized carbons (Fsp3) is 0.667. The first-order valence-electron chi connectivity index (χ1n) is 14.3. The van der Waals surface area contributed by atoms with Gasteiger partial charge in [0.15, 0.2) is 10.0 Å². The molecule has 3 aromatic rings. The van der Waals surface area contributed by atoms with Crippen molar-refractivity contribution in [3.05, 3.63) is 34.0 Å². The summed E-state index contributed by atoms with van der Waals surface area (Å²) in [5.74, 6) is 0. The Balaban J connectivity index is 1.44. The molecule has 0 fully saturated rings. The van der Waals surface area contributed by atoms with Crippen molar-refractivity contribution < 1.29 is 0 Å². The molecule has 0 N–H and O–H groups in total. The number of nitrogens with zero attached hydrogens (tertiary/aromatic N) is 2. The van der Waals surface area contributed by atoms with Crippen LogP contribution in [0.2, 0.25) is 0 Å². The molecule has 3 aromatic heterocycles. The van der Waals surface area contributed by atoms with Crippen LogP contribution in [0, 0.1) is 0 Å². The van der Waals surface area contributed by atoms with E-state index in [-0.39, 0.29) is 0 Å². The number of aryl methyl sites for hydroxylation is 2. The predicted octanol–water partition coefficient (Wildman–Crippen LogP) is 11.4. The summed E-state index contributed by atoms with van der Waals surface area (Å²) in [6.45, 7) is 4.58. The van der Waals surface area contributed by atoms with Crippen molar-refractivity contribution in [2.75, 3.05) is 0 Å². The molecule has 0 saturated carbocycles. The monoisotopic (exact) mass is 530 g/mol. The Morgan fingerprint density at radius 1 is 0.514 bits per heavy atom. The van der Waals surface area contributed by atoms with E-state index in [2.05, 4.69) is 46.9 Å². The fourth-order valence-electron chi connectivity index (χ4n) is 4.75. The van der Waals surface area contributed by atoms with E-state index in [9.17, 15) is 0 Å². The Morgan fingerprint density at radius 3 is 1.29 bits per heavy atom. The Hall–Kier alpha value is -1.04. The third-order valence-electron chi connectivity index (χ3n) is 6.91. The van der Waals surface area contributed by atoms with E-state index in [1.54, 1.807) is 11.3 Å². The summed E-state index contributed by atoms with van der Waals surface area (Å²) in [7, 11) is 0. The van der Waals surface area contributed by atoms with Gasteiger partial charge in [0.1, 0.15) is 0 Å². The first-order chi connectivity index (χ1) is 17.3. The molecule has 2 nitrogen and oxygen atoms in total. The smallest absolute Gasteiger partial charge is 0.141 e. The van der Waals surface area contributed by atoms with Crippen LogP contribution < -0.4 is 0 Å². The number of aromatic nitrogens is 2. The highest BCUT2D eigenvalue weighted by Gasteiger charge is 2.16. The first-order valence-corrected chi connectivity index (χ1v) is 16.9. The Kier molecular flexibility index (Phi) is 14.2. The van der Waals surface area contributed by atoms with Crippen LogP contribution in [-0.4, -0.2) is 10.2 Å². The molecule has 0 aliphatic rings. The molecule has 35 heavy (non-hydrogen) atoms. The third kappa shape index (κ3) is 10.1. The summed E-state index contributed by atoms with van der Waals surface area (Å²) >= 11 is 5.45. The van der Waals surface area contributed by atoms with Crippen LogP contribution in [0.15, 0.2) is 22.9 Å². The van der Waals surface area contributed by atoms with Crippen LogP contribution >= 0.6 is 34.0 Å². The second-order valence-electron chi connectivity index (χ2n) is 9.91. The van der Waals surface area contributed by atoms with Gasteiger partial charge in [-0.3, -0.25) is 0 Å². The summed E-state index contributed by atoms with van der Waals surface area (Å²) in [6.07, 6.45) is 24.3. The van der Waals surface area contributed by atoms with Crippen molar-refractivity contribution in [1.29, 1.82) is 0 Å². The van der Waals surface area contributed by atoms with Crippen molar-refractivity contribution in [2.45, 2.75) is 129 Å². The number of unbranched alkanes of at least 4 members (excludes halogenated alkanes) is 14. The number of thiophene rings is 2. The quantitative estimate of drug-likeness (QED) is 0.136. The van der Waals surface area contributed by atoms with Gasteiger partial charge < -0.3 is 0 Å².